The molecule has 0 aliphatic carbocycles. The molecule has 184 valence electrons. The molecule has 0 aromatic heterocycles. The van der Waals surface area contributed by atoms with Gasteiger partial charge in [-0.3, -0.25) is 10.2 Å². The molecule has 1 aliphatic heterocycles. The van der Waals surface area contributed by atoms with Crippen LogP contribution in [-0.2, 0) is 12.0 Å². The Labute approximate surface area is 200 Å². The summed E-state index contributed by atoms with van der Waals surface area (Å²) in [7, 11) is 0. The van der Waals surface area contributed by atoms with Crippen LogP contribution in [-0.4, -0.2) is 47.9 Å². The van der Waals surface area contributed by atoms with Gasteiger partial charge in [-0.2, -0.15) is 0 Å². The van der Waals surface area contributed by atoms with E-state index in [1.165, 1.54) is 4.90 Å². The molecule has 8 heteroatoms. The largest absolute Gasteiger partial charge is 0.505 e. The smallest absolute Gasteiger partial charge is 0.197 e. The van der Waals surface area contributed by atoms with Crippen molar-refractivity contribution in [2.75, 3.05) is 31.6 Å². The van der Waals surface area contributed by atoms with Crippen LogP contribution in [0.25, 0.3) is 0 Å². The lowest BCUT2D eigenvalue weighted by Crippen LogP contribution is -2.30. The minimum Gasteiger partial charge on any atom is -0.505 e. The van der Waals surface area contributed by atoms with Crippen LogP contribution in [0.1, 0.15) is 68.6 Å². The van der Waals surface area contributed by atoms with Crippen molar-refractivity contribution in [3.8, 4) is 17.2 Å². The molecule has 1 heterocycles. The molecule has 0 spiro atoms. The molecule has 3 rings (SSSR count). The van der Waals surface area contributed by atoms with Gasteiger partial charge in [-0.15, -0.1) is 0 Å². The first-order valence-electron chi connectivity index (χ1n) is 11.6. The Morgan fingerprint density at radius 1 is 1.18 bits per heavy atom. The number of Topliss-reactive ketones (excluding diaryl/α,β-unsaturated/α-hetero) is 1. The third-order valence-corrected chi connectivity index (χ3v) is 5.71. The Morgan fingerprint density at radius 3 is 2.44 bits per heavy atom. The number of nitrogens with one attached hydrogen (secondary N) is 2. The predicted molar refractivity (Wildman–Crippen MR) is 131 cm³/mol. The molecular weight excluding hydrogens is 437 g/mol. The van der Waals surface area contributed by atoms with Crippen LogP contribution >= 0.6 is 0 Å². The zero-order chi connectivity index (χ0) is 25.2. The van der Waals surface area contributed by atoms with Gasteiger partial charge < -0.3 is 24.8 Å². The van der Waals surface area contributed by atoms with Gasteiger partial charge in [0.05, 0.1) is 31.0 Å². The summed E-state index contributed by atoms with van der Waals surface area (Å²) in [5.41, 5.74) is 1.91. The van der Waals surface area contributed by atoms with Crippen molar-refractivity contribution in [1.82, 2.24) is 4.90 Å². The highest BCUT2D eigenvalue weighted by Gasteiger charge is 2.33. The van der Waals surface area contributed by atoms with E-state index in [0.717, 1.165) is 0 Å². The van der Waals surface area contributed by atoms with Crippen LogP contribution in [0, 0.1) is 11.2 Å². The number of halogens is 1. The maximum Gasteiger partial charge on any atom is 0.197 e. The van der Waals surface area contributed by atoms with Crippen LogP contribution in [0.4, 0.5) is 10.1 Å². The van der Waals surface area contributed by atoms with E-state index >= 15 is 4.39 Å². The van der Waals surface area contributed by atoms with Gasteiger partial charge in [0.25, 0.3) is 0 Å². The fraction of sp³-hybridized carbons (Fsp3) is 0.462. The van der Waals surface area contributed by atoms with Gasteiger partial charge in [-0.1, -0.05) is 20.8 Å². The number of benzene rings is 2. The molecule has 0 saturated heterocycles. The molecule has 0 bridgehead atoms. The number of rotatable bonds is 9. The number of fused-ring (bicyclic) bond motifs is 1. The van der Waals surface area contributed by atoms with Crippen LogP contribution in [0.5, 0.6) is 17.2 Å². The summed E-state index contributed by atoms with van der Waals surface area (Å²) in [5, 5.41) is 22.4. The summed E-state index contributed by atoms with van der Waals surface area (Å²) in [6.45, 7) is 12.7. The maximum absolute atomic E-state index is 15.3. The maximum atomic E-state index is 15.3. The van der Waals surface area contributed by atoms with Gasteiger partial charge in [0.2, 0.25) is 0 Å². The fourth-order valence-electron chi connectivity index (χ4n) is 4.12. The number of anilines is 1. The molecule has 7 nitrogen and oxygen atoms in total. The summed E-state index contributed by atoms with van der Waals surface area (Å²) >= 11 is 0. The van der Waals surface area contributed by atoms with E-state index in [1.54, 1.807) is 32.0 Å². The summed E-state index contributed by atoms with van der Waals surface area (Å²) in [5.74, 6) is -0.517. The number of hydrogen-bond donors (Lipinski definition) is 3. The summed E-state index contributed by atoms with van der Waals surface area (Å²) in [4.78, 5) is 14.8. The van der Waals surface area contributed by atoms with Crippen molar-refractivity contribution in [3.05, 3.63) is 46.3 Å². The third-order valence-electron chi connectivity index (χ3n) is 5.71. The predicted octanol–water partition coefficient (Wildman–Crippen LogP) is 5.08. The Balaban J connectivity index is 1.93. The van der Waals surface area contributed by atoms with Crippen LogP contribution in [0.2, 0.25) is 0 Å². The first kappa shape index (κ1) is 25.3. The van der Waals surface area contributed by atoms with Crippen molar-refractivity contribution >= 4 is 17.3 Å². The van der Waals surface area contributed by atoms with Gasteiger partial charge in [-0.25, -0.2) is 4.39 Å². The minimum absolute atomic E-state index is 0.00957. The number of phenolic OH excluding ortho intramolecular Hbond substituents is 1. The Bertz CT molecular complexity index is 1110. The lowest BCUT2D eigenvalue weighted by molar-refractivity contribution is 0.0962. The number of ketones is 1. The molecule has 0 unspecified atom stereocenters. The number of hydrogen-bond acceptors (Lipinski definition) is 6. The number of carbonyl (C=O) groups is 1. The molecule has 0 atom stereocenters. The third kappa shape index (κ3) is 4.81. The quantitative estimate of drug-likeness (QED) is 0.349. The standard InChI is InChI=1S/C26H34FN3O4/c1-7-29-18-11-15(10-17(23(18)32)26(4,5)6)19(31)14-30-13-16-12-20(33-8-2)24(34-9-3)22(27)21(16)25(30)28/h10-12,28-29,32H,7-9,13-14H2,1-6H3. The second-order valence-electron chi connectivity index (χ2n) is 9.25. The summed E-state index contributed by atoms with van der Waals surface area (Å²) < 4.78 is 26.3. The van der Waals surface area contributed by atoms with Crippen LogP contribution < -0.4 is 14.8 Å². The Hall–Kier alpha value is -3.29. The zero-order valence-electron chi connectivity index (χ0n) is 20.8. The molecule has 2 aromatic rings. The van der Waals surface area contributed by atoms with Crippen LogP contribution in [0.15, 0.2) is 18.2 Å². The lowest BCUT2D eigenvalue weighted by Gasteiger charge is -2.24. The van der Waals surface area contributed by atoms with Crippen molar-refractivity contribution in [2.45, 2.75) is 53.5 Å². The number of nitrogens with zero attached hydrogens (tertiary/aromatic N) is 1. The first-order chi connectivity index (χ1) is 16.0. The van der Waals surface area contributed by atoms with E-state index in [4.69, 9.17) is 14.9 Å². The number of amidine groups is 1. The highest BCUT2D eigenvalue weighted by molar-refractivity contribution is 6.06. The molecule has 2 aromatic carbocycles. The monoisotopic (exact) mass is 471 g/mol. The highest BCUT2D eigenvalue weighted by atomic mass is 19.1. The average Bonchev–Trinajstić information content (AvgIpc) is 3.06. The first-order valence-corrected chi connectivity index (χ1v) is 11.6. The number of carbonyl (C=O) groups excluding carboxylic acids is 1. The van der Waals surface area contributed by atoms with Gasteiger partial charge in [0.15, 0.2) is 23.1 Å². The van der Waals surface area contributed by atoms with Gasteiger partial charge in [0, 0.05) is 24.2 Å². The lowest BCUT2D eigenvalue weighted by atomic mass is 9.84. The molecule has 1 aliphatic rings. The van der Waals surface area contributed by atoms with Crippen molar-refractivity contribution in [1.29, 1.82) is 5.41 Å². The van der Waals surface area contributed by atoms with E-state index < -0.39 is 5.82 Å². The second kappa shape index (κ2) is 9.91. The van der Waals surface area contributed by atoms with Gasteiger partial charge in [-0.05, 0) is 49.9 Å². The molecule has 0 amide bonds. The molecule has 0 saturated carbocycles. The van der Waals surface area contributed by atoms with Crippen molar-refractivity contribution in [3.63, 3.8) is 0 Å². The van der Waals surface area contributed by atoms with E-state index in [-0.39, 0.29) is 53.8 Å². The van der Waals surface area contributed by atoms with E-state index in [0.29, 0.717) is 41.3 Å². The average molecular weight is 472 g/mol. The van der Waals surface area contributed by atoms with Crippen LogP contribution in [0.3, 0.4) is 0 Å². The molecule has 34 heavy (non-hydrogen) atoms. The minimum atomic E-state index is -0.642. The number of aromatic hydroxyl groups is 1. The highest BCUT2D eigenvalue weighted by Crippen LogP contribution is 2.40. The van der Waals surface area contributed by atoms with Gasteiger partial charge >= 0.3 is 0 Å². The van der Waals surface area contributed by atoms with Crippen molar-refractivity contribution < 1.29 is 23.8 Å². The van der Waals surface area contributed by atoms with E-state index in [9.17, 15) is 9.90 Å². The van der Waals surface area contributed by atoms with Gasteiger partial charge in [0.1, 0.15) is 11.6 Å². The summed E-state index contributed by atoms with van der Waals surface area (Å²) in [6.07, 6.45) is 0. The number of ether oxygens (including phenoxy) is 2. The van der Waals surface area contributed by atoms with E-state index in [2.05, 4.69) is 5.32 Å². The number of phenols is 1. The molecule has 0 fully saturated rings. The Kier molecular flexibility index (Phi) is 7.38. The zero-order valence-corrected chi connectivity index (χ0v) is 20.8. The Morgan fingerprint density at radius 2 is 1.85 bits per heavy atom. The molecular formula is C26H34FN3O4. The molecule has 0 radical (unpaired) electrons. The SMILES string of the molecule is CCNc1cc(C(=O)CN2Cc3cc(OCC)c(OCC)c(F)c3C2=N)cc(C(C)(C)C)c1O. The molecule has 3 N–H and O–H groups in total. The second-order valence-corrected chi connectivity index (χ2v) is 9.25. The normalized spacial score (nSPS) is 13.1. The van der Waals surface area contributed by atoms with Crippen molar-refractivity contribution in [2.24, 2.45) is 0 Å². The van der Waals surface area contributed by atoms with E-state index in [1.807, 2.05) is 27.7 Å². The topological polar surface area (TPSA) is 94.9 Å². The summed E-state index contributed by atoms with van der Waals surface area (Å²) in [6, 6.07) is 5.02. The fourth-order valence-corrected chi connectivity index (χ4v) is 4.12.